The van der Waals surface area contributed by atoms with E-state index in [1.165, 1.54) is 0 Å². The molecule has 3 atom stereocenters. The van der Waals surface area contributed by atoms with Crippen molar-refractivity contribution in [3.8, 4) is 0 Å². The number of cyclic esters (lactones) is 4. The van der Waals surface area contributed by atoms with Crippen molar-refractivity contribution in [1.82, 2.24) is 4.90 Å². The van der Waals surface area contributed by atoms with Gasteiger partial charge in [0.1, 0.15) is 5.92 Å². The monoisotopic (exact) mass is 225 g/mol. The van der Waals surface area contributed by atoms with Crippen molar-refractivity contribution in [2.75, 3.05) is 0 Å². The molecule has 0 bridgehead atoms. The Bertz CT molecular complexity index is 439. The highest BCUT2D eigenvalue weighted by atomic mass is 16.6. The second kappa shape index (κ2) is 2.46. The van der Waals surface area contributed by atoms with Crippen LogP contribution in [-0.2, 0) is 28.7 Å². The molecular weight excluding hydrogens is 222 g/mol. The average molecular weight is 225 g/mol. The number of fused-ring (bicyclic) bond motifs is 3. The van der Waals surface area contributed by atoms with Gasteiger partial charge >= 0.3 is 24.0 Å². The Labute approximate surface area is 87.1 Å². The second-order valence-electron chi connectivity index (χ2n) is 3.58. The Morgan fingerprint density at radius 2 is 1.56 bits per heavy atom. The van der Waals surface area contributed by atoms with Gasteiger partial charge in [-0.25, -0.2) is 14.5 Å². The summed E-state index contributed by atoms with van der Waals surface area (Å²) in [4.78, 5) is 56.9. The first-order chi connectivity index (χ1) is 7.52. The molecule has 3 heterocycles. The minimum Gasteiger partial charge on any atom is -0.392 e. The first-order valence-corrected chi connectivity index (χ1v) is 4.36. The quantitative estimate of drug-likeness (QED) is 0.353. The van der Waals surface area contributed by atoms with Crippen LogP contribution in [0.1, 0.15) is 0 Å². The summed E-state index contributed by atoms with van der Waals surface area (Å²) >= 11 is 0. The highest BCUT2D eigenvalue weighted by Crippen LogP contribution is 2.41. The molecule has 0 aromatic carbocycles. The van der Waals surface area contributed by atoms with Gasteiger partial charge in [0.05, 0.1) is 0 Å². The van der Waals surface area contributed by atoms with Gasteiger partial charge in [-0.15, -0.1) is 0 Å². The Hall–Kier alpha value is -2.25. The van der Waals surface area contributed by atoms with Crippen molar-refractivity contribution in [2.45, 2.75) is 6.04 Å². The largest absolute Gasteiger partial charge is 0.425 e. The zero-order valence-electron chi connectivity index (χ0n) is 7.54. The molecule has 0 radical (unpaired) electrons. The molecular formula is C8H3NO7. The van der Waals surface area contributed by atoms with E-state index >= 15 is 0 Å². The van der Waals surface area contributed by atoms with Crippen molar-refractivity contribution in [2.24, 2.45) is 11.8 Å². The standard InChI is InChI=1S/C8H3NO7/c10-4-2-1(5(11)15-6(2)12)3-7(13)16-8(14)9(3)4/h1-3H. The van der Waals surface area contributed by atoms with Crippen LogP contribution in [0.2, 0.25) is 0 Å². The molecule has 3 aliphatic rings. The molecule has 0 N–H and O–H groups in total. The van der Waals surface area contributed by atoms with Crippen LogP contribution >= 0.6 is 0 Å². The molecule has 3 unspecified atom stereocenters. The zero-order valence-corrected chi connectivity index (χ0v) is 7.54. The average Bonchev–Trinajstić information content (AvgIpc) is 2.74. The normalized spacial score (nSPS) is 36.4. The van der Waals surface area contributed by atoms with Gasteiger partial charge in [0, 0.05) is 0 Å². The summed E-state index contributed by atoms with van der Waals surface area (Å²) in [5, 5.41) is 0. The van der Waals surface area contributed by atoms with Crippen molar-refractivity contribution < 1.29 is 33.4 Å². The fourth-order valence-electron chi connectivity index (χ4n) is 2.18. The lowest BCUT2D eigenvalue weighted by Gasteiger charge is -2.09. The van der Waals surface area contributed by atoms with Crippen LogP contribution in [0.5, 0.6) is 0 Å². The third kappa shape index (κ3) is 0.779. The molecule has 0 aliphatic carbocycles. The number of carbonyl (C=O) groups is 5. The summed E-state index contributed by atoms with van der Waals surface area (Å²) in [5.74, 6) is -6.54. The minimum absolute atomic E-state index is 0.510. The molecule has 8 heteroatoms. The third-order valence-electron chi connectivity index (χ3n) is 2.83. The highest BCUT2D eigenvalue weighted by molar-refractivity contribution is 6.20. The van der Waals surface area contributed by atoms with Crippen LogP contribution in [0.4, 0.5) is 4.79 Å². The van der Waals surface area contributed by atoms with Gasteiger partial charge in [0.2, 0.25) is 5.91 Å². The Morgan fingerprint density at radius 3 is 2.25 bits per heavy atom. The number of amides is 2. The van der Waals surface area contributed by atoms with Gasteiger partial charge in [-0.3, -0.25) is 14.4 Å². The van der Waals surface area contributed by atoms with Gasteiger partial charge < -0.3 is 9.47 Å². The number of rotatable bonds is 0. The second-order valence-corrected chi connectivity index (χ2v) is 3.58. The van der Waals surface area contributed by atoms with Crippen LogP contribution in [-0.4, -0.2) is 40.9 Å². The van der Waals surface area contributed by atoms with E-state index in [0.717, 1.165) is 0 Å². The van der Waals surface area contributed by atoms with Crippen molar-refractivity contribution in [3.05, 3.63) is 0 Å². The molecule has 3 rings (SSSR count). The highest BCUT2D eigenvalue weighted by Gasteiger charge is 2.68. The zero-order chi connectivity index (χ0) is 11.6. The molecule has 8 nitrogen and oxygen atoms in total. The Balaban J connectivity index is 2.13. The predicted molar refractivity (Wildman–Crippen MR) is 40.2 cm³/mol. The molecule has 3 aliphatic heterocycles. The fraction of sp³-hybridized carbons (Fsp3) is 0.375. The van der Waals surface area contributed by atoms with Crippen LogP contribution in [0, 0.1) is 11.8 Å². The van der Waals surface area contributed by atoms with Crippen LogP contribution < -0.4 is 0 Å². The Morgan fingerprint density at radius 1 is 0.875 bits per heavy atom. The molecule has 3 fully saturated rings. The summed E-state index contributed by atoms with van der Waals surface area (Å²) in [6.07, 6.45) is -1.14. The molecule has 0 aromatic rings. The lowest BCUT2D eigenvalue weighted by Crippen LogP contribution is -2.37. The summed E-state index contributed by atoms with van der Waals surface area (Å²) in [6, 6.07) is -1.34. The molecule has 3 saturated heterocycles. The van der Waals surface area contributed by atoms with E-state index in [2.05, 4.69) is 9.47 Å². The number of carbonyl (C=O) groups excluding carboxylic acids is 5. The summed E-state index contributed by atoms with van der Waals surface area (Å²) < 4.78 is 8.44. The number of esters is 3. The lowest BCUT2D eigenvalue weighted by molar-refractivity contribution is -0.156. The lowest BCUT2D eigenvalue weighted by atomic mass is 9.93. The molecule has 0 spiro atoms. The number of ether oxygens (including phenoxy) is 2. The summed E-state index contributed by atoms with van der Waals surface area (Å²) in [7, 11) is 0. The van der Waals surface area contributed by atoms with Gasteiger partial charge in [-0.1, -0.05) is 0 Å². The van der Waals surface area contributed by atoms with E-state index < -0.39 is 47.8 Å². The smallest absolute Gasteiger partial charge is 0.392 e. The maximum Gasteiger partial charge on any atom is 0.425 e. The topological polar surface area (TPSA) is 107 Å². The summed E-state index contributed by atoms with van der Waals surface area (Å²) in [5.41, 5.74) is 0. The third-order valence-corrected chi connectivity index (χ3v) is 2.83. The van der Waals surface area contributed by atoms with Crippen LogP contribution in [0.3, 0.4) is 0 Å². The molecule has 82 valence electrons. The SMILES string of the molecule is O=C1OC(=O)C2C1C(=O)N1C(=O)OC(=O)C21. The first kappa shape index (κ1) is 9.01. The van der Waals surface area contributed by atoms with E-state index in [1.54, 1.807) is 0 Å². The van der Waals surface area contributed by atoms with E-state index in [9.17, 15) is 24.0 Å². The Kier molecular flexibility index (Phi) is 1.39. The van der Waals surface area contributed by atoms with Crippen molar-refractivity contribution in [1.29, 1.82) is 0 Å². The van der Waals surface area contributed by atoms with Gasteiger partial charge in [-0.2, -0.15) is 0 Å². The van der Waals surface area contributed by atoms with E-state index in [-0.39, 0.29) is 0 Å². The maximum absolute atomic E-state index is 11.6. The first-order valence-electron chi connectivity index (χ1n) is 4.36. The molecule has 0 saturated carbocycles. The summed E-state index contributed by atoms with van der Waals surface area (Å²) in [6.45, 7) is 0. The van der Waals surface area contributed by atoms with Gasteiger partial charge in [0.25, 0.3) is 0 Å². The minimum atomic E-state index is -1.38. The maximum atomic E-state index is 11.6. The molecule has 0 aromatic heterocycles. The van der Waals surface area contributed by atoms with E-state index in [1.807, 2.05) is 0 Å². The molecule has 16 heavy (non-hydrogen) atoms. The number of hydrogen-bond acceptors (Lipinski definition) is 7. The van der Waals surface area contributed by atoms with E-state index in [4.69, 9.17) is 0 Å². The van der Waals surface area contributed by atoms with Gasteiger partial charge in [0.15, 0.2) is 12.0 Å². The molecule has 2 amide bonds. The van der Waals surface area contributed by atoms with Crippen molar-refractivity contribution in [3.63, 3.8) is 0 Å². The predicted octanol–water partition coefficient (Wildman–Crippen LogP) is -1.81. The number of nitrogens with zero attached hydrogens (tertiary/aromatic N) is 1. The number of hydrogen-bond donors (Lipinski definition) is 0. The number of imide groups is 1. The van der Waals surface area contributed by atoms with Crippen LogP contribution in [0.25, 0.3) is 0 Å². The van der Waals surface area contributed by atoms with Crippen molar-refractivity contribution >= 4 is 29.9 Å². The fourth-order valence-corrected chi connectivity index (χ4v) is 2.18. The van der Waals surface area contributed by atoms with Crippen LogP contribution in [0.15, 0.2) is 0 Å². The van der Waals surface area contributed by atoms with Gasteiger partial charge in [-0.05, 0) is 0 Å². The van der Waals surface area contributed by atoms with E-state index in [0.29, 0.717) is 4.90 Å².